The number of hydrogen-bond donors (Lipinski definition) is 2. The summed E-state index contributed by atoms with van der Waals surface area (Å²) in [6, 6.07) is 15.6. The zero-order valence-electron chi connectivity index (χ0n) is 17.9. The highest BCUT2D eigenvalue weighted by molar-refractivity contribution is 5.89. The Balaban J connectivity index is 1.29. The first kappa shape index (κ1) is 20.6. The summed E-state index contributed by atoms with van der Waals surface area (Å²) in [5.41, 5.74) is 3.15. The van der Waals surface area contributed by atoms with Crippen LogP contribution in [0.15, 0.2) is 54.7 Å². The van der Waals surface area contributed by atoms with Crippen LogP contribution in [-0.4, -0.2) is 52.3 Å². The molecule has 0 aliphatic carbocycles. The molecule has 0 atom stereocenters. The molecule has 8 nitrogen and oxygen atoms in total. The molecule has 1 saturated heterocycles. The van der Waals surface area contributed by atoms with E-state index in [0.29, 0.717) is 32.0 Å². The predicted octanol–water partition coefficient (Wildman–Crippen LogP) is 3.84. The van der Waals surface area contributed by atoms with Gasteiger partial charge in [0, 0.05) is 38.1 Å². The molecule has 0 radical (unpaired) electrons. The SMILES string of the molecule is CCc1cccc(NC(=O)N2CCN(c3ccc(Nc4ccc(C)cn4)nn3)CC2)c1. The summed E-state index contributed by atoms with van der Waals surface area (Å²) in [5.74, 6) is 2.18. The fourth-order valence-electron chi connectivity index (χ4n) is 3.44. The molecule has 31 heavy (non-hydrogen) atoms. The number of piperazine rings is 1. The Morgan fingerprint density at radius 3 is 2.48 bits per heavy atom. The van der Waals surface area contributed by atoms with Crippen LogP contribution in [-0.2, 0) is 6.42 Å². The second kappa shape index (κ2) is 9.42. The third-order valence-electron chi connectivity index (χ3n) is 5.30. The molecule has 1 aliphatic rings. The molecule has 8 heteroatoms. The molecule has 2 aromatic heterocycles. The van der Waals surface area contributed by atoms with Crippen LogP contribution in [0.4, 0.5) is 27.9 Å². The second-order valence-corrected chi connectivity index (χ2v) is 7.58. The third-order valence-corrected chi connectivity index (χ3v) is 5.30. The van der Waals surface area contributed by atoms with Crippen molar-refractivity contribution in [3.05, 3.63) is 65.9 Å². The van der Waals surface area contributed by atoms with E-state index in [1.807, 2.05) is 54.3 Å². The van der Waals surface area contributed by atoms with E-state index in [4.69, 9.17) is 0 Å². The second-order valence-electron chi connectivity index (χ2n) is 7.58. The van der Waals surface area contributed by atoms with E-state index >= 15 is 0 Å². The molecule has 4 rings (SSSR count). The number of benzene rings is 1. The lowest BCUT2D eigenvalue weighted by atomic mass is 10.1. The lowest BCUT2D eigenvalue weighted by molar-refractivity contribution is 0.208. The molecule has 0 saturated carbocycles. The highest BCUT2D eigenvalue weighted by Gasteiger charge is 2.22. The Morgan fingerprint density at radius 2 is 1.81 bits per heavy atom. The first-order chi connectivity index (χ1) is 15.1. The lowest BCUT2D eigenvalue weighted by Crippen LogP contribution is -2.50. The smallest absolute Gasteiger partial charge is 0.321 e. The largest absolute Gasteiger partial charge is 0.352 e. The molecule has 3 aromatic rings. The lowest BCUT2D eigenvalue weighted by Gasteiger charge is -2.35. The summed E-state index contributed by atoms with van der Waals surface area (Å²) < 4.78 is 0. The van der Waals surface area contributed by atoms with Gasteiger partial charge in [-0.1, -0.05) is 25.1 Å². The molecule has 1 aromatic carbocycles. The minimum Gasteiger partial charge on any atom is -0.352 e. The van der Waals surface area contributed by atoms with Gasteiger partial charge in [-0.3, -0.25) is 0 Å². The maximum Gasteiger partial charge on any atom is 0.321 e. The van der Waals surface area contributed by atoms with Gasteiger partial charge in [0.1, 0.15) is 5.82 Å². The van der Waals surface area contributed by atoms with Gasteiger partial charge >= 0.3 is 6.03 Å². The number of pyridine rings is 1. The average molecular weight is 418 g/mol. The molecule has 160 valence electrons. The summed E-state index contributed by atoms with van der Waals surface area (Å²) >= 11 is 0. The first-order valence-corrected chi connectivity index (χ1v) is 10.5. The maximum atomic E-state index is 12.6. The fraction of sp³-hybridized carbons (Fsp3) is 0.304. The number of urea groups is 1. The Labute approximate surface area is 182 Å². The maximum absolute atomic E-state index is 12.6. The number of aryl methyl sites for hydroxylation is 2. The normalized spacial score (nSPS) is 13.7. The number of nitrogens with zero attached hydrogens (tertiary/aromatic N) is 5. The van der Waals surface area contributed by atoms with Crippen molar-refractivity contribution in [2.45, 2.75) is 20.3 Å². The summed E-state index contributed by atoms with van der Waals surface area (Å²) in [6.45, 7) is 6.79. The van der Waals surface area contributed by atoms with Crippen molar-refractivity contribution in [2.75, 3.05) is 41.7 Å². The van der Waals surface area contributed by atoms with Gasteiger partial charge in [-0.2, -0.15) is 0 Å². The number of hydrogen-bond acceptors (Lipinski definition) is 6. The van der Waals surface area contributed by atoms with Crippen LogP contribution in [0.25, 0.3) is 0 Å². The average Bonchev–Trinajstić information content (AvgIpc) is 2.81. The van der Waals surface area contributed by atoms with Crippen LogP contribution in [0.3, 0.4) is 0 Å². The Morgan fingerprint density at radius 1 is 1.00 bits per heavy atom. The van der Waals surface area contributed by atoms with E-state index in [0.717, 1.165) is 29.3 Å². The Kier molecular flexibility index (Phi) is 6.26. The Bertz CT molecular complexity index is 1010. The van der Waals surface area contributed by atoms with Crippen LogP contribution in [0.2, 0.25) is 0 Å². The number of amides is 2. The molecule has 0 unspecified atom stereocenters. The summed E-state index contributed by atoms with van der Waals surface area (Å²) in [5, 5.41) is 14.8. The van der Waals surface area contributed by atoms with Crippen LogP contribution >= 0.6 is 0 Å². The van der Waals surface area contributed by atoms with Gasteiger partial charge in [-0.15, -0.1) is 10.2 Å². The summed E-state index contributed by atoms with van der Waals surface area (Å²) in [4.78, 5) is 20.9. The fourth-order valence-corrected chi connectivity index (χ4v) is 3.44. The molecular formula is C23H27N7O. The molecular weight excluding hydrogens is 390 g/mol. The van der Waals surface area contributed by atoms with Crippen molar-refractivity contribution >= 4 is 29.2 Å². The number of carbonyl (C=O) groups excluding carboxylic acids is 1. The number of rotatable bonds is 5. The van der Waals surface area contributed by atoms with Gasteiger partial charge in [0.15, 0.2) is 11.6 Å². The molecule has 2 N–H and O–H groups in total. The quantitative estimate of drug-likeness (QED) is 0.656. The van der Waals surface area contributed by atoms with Gasteiger partial charge in [-0.05, 0) is 54.8 Å². The topological polar surface area (TPSA) is 86.3 Å². The van der Waals surface area contributed by atoms with Crippen molar-refractivity contribution in [1.82, 2.24) is 20.1 Å². The summed E-state index contributed by atoms with van der Waals surface area (Å²) in [7, 11) is 0. The summed E-state index contributed by atoms with van der Waals surface area (Å²) in [6.07, 6.45) is 2.75. The van der Waals surface area contributed by atoms with Crippen molar-refractivity contribution < 1.29 is 4.79 Å². The van der Waals surface area contributed by atoms with E-state index in [1.165, 1.54) is 5.56 Å². The van der Waals surface area contributed by atoms with E-state index in [-0.39, 0.29) is 6.03 Å². The molecule has 2 amide bonds. The van der Waals surface area contributed by atoms with Gasteiger partial charge < -0.3 is 20.4 Å². The predicted molar refractivity (Wildman–Crippen MR) is 123 cm³/mol. The molecule has 1 fully saturated rings. The number of carbonyl (C=O) groups is 1. The van der Waals surface area contributed by atoms with Crippen LogP contribution in [0.1, 0.15) is 18.1 Å². The van der Waals surface area contributed by atoms with E-state index in [2.05, 4.69) is 43.7 Å². The van der Waals surface area contributed by atoms with Crippen molar-refractivity contribution in [1.29, 1.82) is 0 Å². The highest BCUT2D eigenvalue weighted by atomic mass is 16.2. The van der Waals surface area contributed by atoms with Crippen LogP contribution < -0.4 is 15.5 Å². The zero-order chi connectivity index (χ0) is 21.6. The van der Waals surface area contributed by atoms with Gasteiger partial charge in [0.2, 0.25) is 0 Å². The Hall–Kier alpha value is -3.68. The van der Waals surface area contributed by atoms with Gasteiger partial charge in [0.25, 0.3) is 0 Å². The molecule has 0 spiro atoms. The molecule has 3 heterocycles. The van der Waals surface area contributed by atoms with Crippen LogP contribution in [0.5, 0.6) is 0 Å². The van der Waals surface area contributed by atoms with Crippen molar-refractivity contribution in [2.24, 2.45) is 0 Å². The van der Waals surface area contributed by atoms with Crippen molar-refractivity contribution in [3.8, 4) is 0 Å². The van der Waals surface area contributed by atoms with Gasteiger partial charge in [0.05, 0.1) is 0 Å². The van der Waals surface area contributed by atoms with E-state index in [1.54, 1.807) is 6.20 Å². The standard InChI is InChI=1S/C23H27N7O/c1-3-18-5-4-6-19(15-18)25-23(31)30-13-11-29(12-14-30)22-10-9-21(27-28-22)26-20-8-7-17(2)16-24-20/h4-10,15-16H,3,11-14H2,1-2H3,(H,25,31)(H,24,26,27). The molecule has 0 bridgehead atoms. The minimum atomic E-state index is -0.0656. The van der Waals surface area contributed by atoms with E-state index in [9.17, 15) is 4.79 Å². The van der Waals surface area contributed by atoms with Gasteiger partial charge in [-0.25, -0.2) is 9.78 Å². The van der Waals surface area contributed by atoms with Crippen molar-refractivity contribution in [3.63, 3.8) is 0 Å². The minimum absolute atomic E-state index is 0.0656. The highest BCUT2D eigenvalue weighted by Crippen LogP contribution is 2.18. The monoisotopic (exact) mass is 417 g/mol. The number of nitrogens with one attached hydrogen (secondary N) is 2. The number of anilines is 4. The molecule has 1 aliphatic heterocycles. The number of aromatic nitrogens is 3. The van der Waals surface area contributed by atoms with Crippen LogP contribution in [0, 0.1) is 6.92 Å². The zero-order valence-corrected chi connectivity index (χ0v) is 17.9. The van der Waals surface area contributed by atoms with E-state index < -0.39 is 0 Å². The first-order valence-electron chi connectivity index (χ1n) is 10.5. The third kappa shape index (κ3) is 5.28.